The van der Waals surface area contributed by atoms with Crippen molar-refractivity contribution < 1.29 is 0 Å². The first-order valence-electron chi connectivity index (χ1n) is 4.48. The van der Waals surface area contributed by atoms with E-state index in [4.69, 9.17) is 0 Å². The summed E-state index contributed by atoms with van der Waals surface area (Å²) in [5.74, 6) is 0. The van der Waals surface area contributed by atoms with Gasteiger partial charge in [0.1, 0.15) is 7.22 Å². The first-order chi connectivity index (χ1) is 5.53. The quantitative estimate of drug-likeness (QED) is 0.647. The summed E-state index contributed by atoms with van der Waals surface area (Å²) >= 11 is 4.13. The molecule has 1 saturated carbocycles. The minimum Gasteiger partial charge on any atom is -0.145 e. The lowest BCUT2D eigenvalue weighted by Crippen LogP contribution is -2.14. The molecular weight excluding hydrogens is 200 g/mol. The molecule has 1 aliphatic carbocycles. The molecule has 0 saturated heterocycles. The van der Waals surface area contributed by atoms with Gasteiger partial charge in [-0.05, 0) is 25.5 Å². The van der Waals surface area contributed by atoms with Crippen molar-refractivity contribution >= 4 is 30.2 Å². The Hall–Kier alpha value is 0.657. The van der Waals surface area contributed by atoms with Crippen LogP contribution in [0.15, 0.2) is 9.81 Å². The van der Waals surface area contributed by atoms with Crippen LogP contribution in [0.2, 0.25) is 19.6 Å². The molecule has 0 spiro atoms. The second-order valence-electron chi connectivity index (χ2n) is 4.16. The normalized spacial score (nSPS) is 17.5. The Morgan fingerprint density at radius 2 is 1.83 bits per heavy atom. The maximum Gasteiger partial charge on any atom is 0.115 e. The van der Waals surface area contributed by atoms with E-state index in [1.165, 1.54) is 19.3 Å². The fraction of sp³-hybridized carbons (Fsp3) is 0.778. The van der Waals surface area contributed by atoms with Gasteiger partial charge in [-0.1, -0.05) is 25.2 Å². The second kappa shape index (κ2) is 4.25. The fourth-order valence-electron chi connectivity index (χ4n) is 1.09. The van der Waals surface area contributed by atoms with Crippen LogP contribution in [0, 0.1) is 0 Å². The maximum atomic E-state index is 2.42. The molecular formula is C9H18S2Si. The molecule has 1 rings (SSSR count). The Balaban J connectivity index is 2.57. The molecule has 0 aromatic heterocycles. The van der Waals surface area contributed by atoms with Crippen molar-refractivity contribution in [1.29, 1.82) is 0 Å². The van der Waals surface area contributed by atoms with E-state index >= 15 is 0 Å². The van der Waals surface area contributed by atoms with Crippen molar-refractivity contribution in [3.05, 3.63) is 9.81 Å². The van der Waals surface area contributed by atoms with E-state index in [1.54, 1.807) is 9.81 Å². The predicted molar refractivity (Wildman–Crippen MR) is 65.3 cm³/mol. The van der Waals surface area contributed by atoms with Gasteiger partial charge in [0.15, 0.2) is 0 Å². The largest absolute Gasteiger partial charge is 0.145 e. The molecule has 0 amide bonds. The number of hydrogen-bond acceptors (Lipinski definition) is 2. The molecule has 0 nitrogen and oxygen atoms in total. The molecule has 1 fully saturated rings. The average molecular weight is 218 g/mol. The van der Waals surface area contributed by atoms with Crippen molar-refractivity contribution in [2.45, 2.75) is 38.9 Å². The Morgan fingerprint density at radius 3 is 2.08 bits per heavy atom. The molecule has 0 aromatic rings. The van der Waals surface area contributed by atoms with Gasteiger partial charge in [0.2, 0.25) is 0 Å². The van der Waals surface area contributed by atoms with Gasteiger partial charge in [-0.3, -0.25) is 0 Å². The van der Waals surface area contributed by atoms with Crippen LogP contribution in [0.25, 0.3) is 0 Å². The standard InChI is InChI=1S/C9H18S2Si/c1-10-9(8-6-5-7-8)11-12(2,3)4/h5-7H2,1-4H3. The number of allylic oxidation sites excluding steroid dienone is 1. The highest BCUT2D eigenvalue weighted by Crippen LogP contribution is 2.42. The van der Waals surface area contributed by atoms with Crippen molar-refractivity contribution in [3.8, 4) is 0 Å². The van der Waals surface area contributed by atoms with Gasteiger partial charge in [0.25, 0.3) is 0 Å². The van der Waals surface area contributed by atoms with Gasteiger partial charge in [-0.2, -0.15) is 0 Å². The monoisotopic (exact) mass is 218 g/mol. The highest BCUT2D eigenvalue weighted by molar-refractivity contribution is 8.39. The minimum absolute atomic E-state index is 0.948. The topological polar surface area (TPSA) is 0 Å². The van der Waals surface area contributed by atoms with Gasteiger partial charge < -0.3 is 0 Å². The van der Waals surface area contributed by atoms with Crippen molar-refractivity contribution in [1.82, 2.24) is 0 Å². The van der Waals surface area contributed by atoms with E-state index in [9.17, 15) is 0 Å². The SMILES string of the molecule is CSC(S[Si](C)(C)C)=C1CCC1. The summed E-state index contributed by atoms with van der Waals surface area (Å²) < 4.78 is 1.64. The van der Waals surface area contributed by atoms with E-state index in [-0.39, 0.29) is 0 Å². The van der Waals surface area contributed by atoms with E-state index in [1.807, 2.05) is 11.8 Å². The zero-order valence-corrected chi connectivity index (χ0v) is 11.1. The second-order valence-corrected chi connectivity index (χ2v) is 14.4. The van der Waals surface area contributed by atoms with E-state index in [0.29, 0.717) is 0 Å². The van der Waals surface area contributed by atoms with Crippen LogP contribution in [0.4, 0.5) is 0 Å². The van der Waals surface area contributed by atoms with Gasteiger partial charge in [0.05, 0.1) is 0 Å². The Kier molecular flexibility index (Phi) is 3.80. The van der Waals surface area contributed by atoms with Crippen LogP contribution in [0.3, 0.4) is 0 Å². The molecule has 0 aromatic carbocycles. The molecule has 0 N–H and O–H groups in total. The summed E-state index contributed by atoms with van der Waals surface area (Å²) in [7, 11) is -0.948. The smallest absolute Gasteiger partial charge is 0.115 e. The molecule has 0 unspecified atom stereocenters. The number of hydrogen-bond donors (Lipinski definition) is 0. The first-order valence-corrected chi connectivity index (χ1v) is 10.7. The molecule has 0 bridgehead atoms. The third kappa shape index (κ3) is 3.19. The lowest BCUT2D eigenvalue weighted by Gasteiger charge is -2.24. The molecule has 3 heteroatoms. The Morgan fingerprint density at radius 1 is 1.25 bits per heavy atom. The Labute approximate surface area is 85.2 Å². The number of thioether (sulfide) groups is 1. The predicted octanol–water partition coefficient (Wildman–Crippen LogP) is 4.31. The Bertz CT molecular complexity index is 185. The summed E-state index contributed by atoms with van der Waals surface area (Å²) in [5, 5.41) is 0. The lowest BCUT2D eigenvalue weighted by molar-refractivity contribution is 0.664. The minimum atomic E-state index is -0.948. The van der Waals surface area contributed by atoms with E-state index in [0.717, 1.165) is 0 Å². The van der Waals surface area contributed by atoms with Gasteiger partial charge in [-0.15, -0.1) is 23.0 Å². The summed E-state index contributed by atoms with van der Waals surface area (Å²) in [6, 6.07) is 0. The third-order valence-electron chi connectivity index (χ3n) is 1.83. The van der Waals surface area contributed by atoms with Crippen LogP contribution in [0.5, 0.6) is 0 Å². The van der Waals surface area contributed by atoms with Crippen molar-refractivity contribution in [3.63, 3.8) is 0 Å². The van der Waals surface area contributed by atoms with Gasteiger partial charge in [0, 0.05) is 4.24 Å². The van der Waals surface area contributed by atoms with E-state index < -0.39 is 7.22 Å². The van der Waals surface area contributed by atoms with E-state index in [2.05, 4.69) is 37.1 Å². The maximum absolute atomic E-state index is 2.42. The summed E-state index contributed by atoms with van der Waals surface area (Å²) in [6.45, 7) is 7.27. The summed E-state index contributed by atoms with van der Waals surface area (Å²) in [5.41, 5.74) is 1.73. The average Bonchev–Trinajstić information content (AvgIpc) is 1.79. The number of rotatable bonds is 3. The summed E-state index contributed by atoms with van der Waals surface area (Å²) in [4.78, 5) is 0. The zero-order chi connectivity index (χ0) is 9.19. The van der Waals surface area contributed by atoms with Crippen LogP contribution in [-0.4, -0.2) is 13.5 Å². The first kappa shape index (κ1) is 10.7. The van der Waals surface area contributed by atoms with Crippen LogP contribution in [0.1, 0.15) is 19.3 Å². The van der Waals surface area contributed by atoms with Crippen LogP contribution >= 0.6 is 23.0 Å². The third-order valence-corrected chi connectivity index (χ3v) is 7.22. The van der Waals surface area contributed by atoms with Gasteiger partial charge in [-0.25, -0.2) is 0 Å². The van der Waals surface area contributed by atoms with Gasteiger partial charge >= 0.3 is 0 Å². The highest BCUT2D eigenvalue weighted by atomic mass is 32.4. The lowest BCUT2D eigenvalue weighted by atomic mass is 9.94. The molecule has 70 valence electrons. The fourth-order valence-corrected chi connectivity index (χ4v) is 7.93. The zero-order valence-electron chi connectivity index (χ0n) is 8.44. The summed E-state index contributed by atoms with van der Waals surface area (Å²) in [6.07, 6.45) is 6.38. The van der Waals surface area contributed by atoms with Crippen molar-refractivity contribution in [2.24, 2.45) is 0 Å². The van der Waals surface area contributed by atoms with Crippen LogP contribution < -0.4 is 0 Å². The molecule has 0 radical (unpaired) electrons. The highest BCUT2D eigenvalue weighted by Gasteiger charge is 2.21. The van der Waals surface area contributed by atoms with Crippen molar-refractivity contribution in [2.75, 3.05) is 6.26 Å². The van der Waals surface area contributed by atoms with Crippen LogP contribution in [-0.2, 0) is 0 Å². The molecule has 0 atom stereocenters. The molecule has 0 aliphatic heterocycles. The molecule has 1 aliphatic rings. The molecule has 12 heavy (non-hydrogen) atoms. The molecule has 0 heterocycles.